The number of nitrogens with one attached hydrogen (secondary N) is 1. The number of urea groups is 1. The number of nitrogens with zero attached hydrogens (tertiary/aromatic N) is 2. The molecule has 202 valence electrons. The SMILES string of the molecule is COc1ccc(CCN(Cc2ccc(C)s2)C(=O)CN(C(=O)Nc2ccc(F)cc2F)C2CC2)cc1OC. The summed E-state index contributed by atoms with van der Waals surface area (Å²) >= 11 is 1.62. The third-order valence-corrected chi connectivity index (χ3v) is 7.33. The summed E-state index contributed by atoms with van der Waals surface area (Å²) in [5, 5.41) is 2.49. The van der Waals surface area contributed by atoms with Crippen molar-refractivity contribution in [3.8, 4) is 11.5 Å². The van der Waals surface area contributed by atoms with Gasteiger partial charge in [-0.25, -0.2) is 13.6 Å². The number of amides is 3. The molecule has 4 rings (SSSR count). The van der Waals surface area contributed by atoms with Crippen LogP contribution in [0.4, 0.5) is 19.3 Å². The number of carbonyl (C=O) groups is 2. The van der Waals surface area contributed by atoms with Gasteiger partial charge in [-0.3, -0.25) is 4.79 Å². The van der Waals surface area contributed by atoms with Crippen LogP contribution in [0.5, 0.6) is 11.5 Å². The van der Waals surface area contributed by atoms with Crippen LogP contribution < -0.4 is 14.8 Å². The molecule has 1 fully saturated rings. The lowest BCUT2D eigenvalue weighted by Gasteiger charge is -2.28. The molecule has 0 aliphatic heterocycles. The van der Waals surface area contributed by atoms with Crippen LogP contribution in [0.2, 0.25) is 0 Å². The molecule has 3 amide bonds. The average molecular weight is 544 g/mol. The van der Waals surface area contributed by atoms with E-state index in [2.05, 4.69) is 5.32 Å². The van der Waals surface area contributed by atoms with Gasteiger partial charge in [-0.1, -0.05) is 6.07 Å². The quantitative estimate of drug-likeness (QED) is 0.341. The summed E-state index contributed by atoms with van der Waals surface area (Å²) in [5.41, 5.74) is 0.847. The molecular formula is C28H31F2N3O4S. The predicted octanol–water partition coefficient (Wildman–Crippen LogP) is 5.62. The van der Waals surface area contributed by atoms with Crippen LogP contribution in [0.1, 0.15) is 28.2 Å². The number of carbonyl (C=O) groups excluding carboxylic acids is 2. The minimum absolute atomic E-state index is 0.0980. The fraction of sp³-hybridized carbons (Fsp3) is 0.357. The van der Waals surface area contributed by atoms with Crippen molar-refractivity contribution < 1.29 is 27.8 Å². The summed E-state index contributed by atoms with van der Waals surface area (Å²) in [6.45, 7) is 2.71. The summed E-state index contributed by atoms with van der Waals surface area (Å²) in [4.78, 5) is 31.9. The number of halogens is 2. The number of aryl methyl sites for hydroxylation is 1. The Bertz CT molecular complexity index is 1290. The molecule has 7 nitrogen and oxygen atoms in total. The molecule has 0 saturated heterocycles. The van der Waals surface area contributed by atoms with E-state index >= 15 is 0 Å². The maximum absolute atomic E-state index is 14.1. The molecule has 1 saturated carbocycles. The number of thiophene rings is 1. The zero-order valence-corrected chi connectivity index (χ0v) is 22.4. The van der Waals surface area contributed by atoms with E-state index < -0.39 is 17.7 Å². The second-order valence-electron chi connectivity index (χ2n) is 9.18. The first-order valence-electron chi connectivity index (χ1n) is 12.3. The number of rotatable bonds is 11. The van der Waals surface area contributed by atoms with E-state index in [0.717, 1.165) is 34.2 Å². The van der Waals surface area contributed by atoms with Crippen LogP contribution in [0.3, 0.4) is 0 Å². The predicted molar refractivity (Wildman–Crippen MR) is 143 cm³/mol. The standard InChI is InChI=1S/C28H31F2N3O4S/c1-18-4-9-22(38-18)16-32(13-12-19-5-11-25(36-2)26(14-19)37-3)27(34)17-33(21-7-8-21)28(35)31-24-10-6-20(29)15-23(24)30/h4-6,9-11,14-15,21H,7-8,12-13,16-17H2,1-3H3,(H,31,35). The average Bonchev–Trinajstić information content (AvgIpc) is 3.66. The molecule has 0 radical (unpaired) electrons. The summed E-state index contributed by atoms with van der Waals surface area (Å²) < 4.78 is 38.1. The van der Waals surface area contributed by atoms with Crippen molar-refractivity contribution in [2.24, 2.45) is 0 Å². The van der Waals surface area contributed by atoms with Crippen LogP contribution in [-0.4, -0.2) is 55.1 Å². The zero-order valence-electron chi connectivity index (χ0n) is 21.6. The molecule has 0 bridgehead atoms. The second kappa shape index (κ2) is 12.3. The van der Waals surface area contributed by atoms with Gasteiger partial charge < -0.3 is 24.6 Å². The number of ether oxygens (including phenoxy) is 2. The van der Waals surface area contributed by atoms with E-state index in [-0.39, 0.29) is 24.2 Å². The van der Waals surface area contributed by atoms with E-state index in [4.69, 9.17) is 9.47 Å². The summed E-state index contributed by atoms with van der Waals surface area (Å²) in [6, 6.07) is 11.9. The van der Waals surface area contributed by atoms with Crippen molar-refractivity contribution in [1.82, 2.24) is 9.80 Å². The van der Waals surface area contributed by atoms with E-state index in [1.54, 1.807) is 30.5 Å². The number of hydrogen-bond donors (Lipinski definition) is 1. The van der Waals surface area contributed by atoms with Crippen LogP contribution in [0, 0.1) is 18.6 Å². The molecule has 0 unspecified atom stereocenters. The molecule has 0 atom stereocenters. The van der Waals surface area contributed by atoms with Crippen molar-refractivity contribution in [2.45, 2.75) is 38.8 Å². The fourth-order valence-corrected chi connectivity index (χ4v) is 5.03. The van der Waals surface area contributed by atoms with Crippen LogP contribution >= 0.6 is 11.3 Å². The highest BCUT2D eigenvalue weighted by Gasteiger charge is 2.35. The smallest absolute Gasteiger partial charge is 0.322 e. The molecule has 0 spiro atoms. The molecule has 1 heterocycles. The Kier molecular flexibility index (Phi) is 8.83. The minimum atomic E-state index is -0.870. The summed E-state index contributed by atoms with van der Waals surface area (Å²) in [5.74, 6) is -0.574. The first kappa shape index (κ1) is 27.4. The highest BCUT2D eigenvalue weighted by atomic mass is 32.1. The van der Waals surface area contributed by atoms with E-state index in [1.807, 2.05) is 37.3 Å². The third kappa shape index (κ3) is 7.00. The third-order valence-electron chi connectivity index (χ3n) is 6.34. The normalized spacial score (nSPS) is 12.7. The Morgan fingerprint density at radius 2 is 1.79 bits per heavy atom. The Labute approximate surface area is 225 Å². The van der Waals surface area contributed by atoms with Gasteiger partial charge in [0.2, 0.25) is 5.91 Å². The molecule has 1 aliphatic rings. The lowest BCUT2D eigenvalue weighted by Crippen LogP contribution is -2.45. The molecule has 1 aliphatic carbocycles. The molecule has 1 N–H and O–H groups in total. The summed E-state index contributed by atoms with van der Waals surface area (Å²) in [7, 11) is 3.15. The topological polar surface area (TPSA) is 71.1 Å². The first-order chi connectivity index (χ1) is 18.3. The molecule has 1 aromatic heterocycles. The highest BCUT2D eigenvalue weighted by Crippen LogP contribution is 2.29. The maximum atomic E-state index is 14.1. The van der Waals surface area contributed by atoms with E-state index in [1.165, 1.54) is 11.0 Å². The lowest BCUT2D eigenvalue weighted by molar-refractivity contribution is -0.132. The van der Waals surface area contributed by atoms with Gasteiger partial charge in [0.25, 0.3) is 0 Å². The Hall–Kier alpha value is -3.66. The molecule has 3 aromatic rings. The van der Waals surface area contributed by atoms with E-state index in [9.17, 15) is 18.4 Å². The van der Waals surface area contributed by atoms with Crippen molar-refractivity contribution >= 4 is 29.0 Å². The number of anilines is 1. The van der Waals surface area contributed by atoms with Crippen molar-refractivity contribution in [2.75, 3.05) is 32.6 Å². The van der Waals surface area contributed by atoms with Gasteiger partial charge in [-0.05, 0) is 68.1 Å². The van der Waals surface area contributed by atoms with Crippen LogP contribution in [0.25, 0.3) is 0 Å². The van der Waals surface area contributed by atoms with Gasteiger partial charge in [-0.2, -0.15) is 0 Å². The Balaban J connectivity index is 1.48. The zero-order chi connectivity index (χ0) is 27.2. The van der Waals surface area contributed by atoms with Gasteiger partial charge in [0.05, 0.1) is 26.5 Å². The largest absolute Gasteiger partial charge is 0.493 e. The van der Waals surface area contributed by atoms with E-state index in [0.29, 0.717) is 37.1 Å². The van der Waals surface area contributed by atoms with Crippen molar-refractivity contribution in [3.63, 3.8) is 0 Å². The molecule has 10 heteroatoms. The summed E-state index contributed by atoms with van der Waals surface area (Å²) in [6.07, 6.45) is 2.11. The molecular weight excluding hydrogens is 512 g/mol. The minimum Gasteiger partial charge on any atom is -0.493 e. The Morgan fingerprint density at radius 1 is 1.03 bits per heavy atom. The van der Waals surface area contributed by atoms with Gasteiger partial charge in [0, 0.05) is 28.4 Å². The highest BCUT2D eigenvalue weighted by molar-refractivity contribution is 7.11. The Morgan fingerprint density at radius 3 is 2.42 bits per heavy atom. The van der Waals surface area contributed by atoms with Crippen LogP contribution in [-0.2, 0) is 17.8 Å². The molecule has 38 heavy (non-hydrogen) atoms. The van der Waals surface area contributed by atoms with Crippen LogP contribution in [0.15, 0.2) is 48.5 Å². The van der Waals surface area contributed by atoms with Gasteiger partial charge in [0.1, 0.15) is 18.2 Å². The lowest BCUT2D eigenvalue weighted by atomic mass is 10.1. The fourth-order valence-electron chi connectivity index (χ4n) is 4.13. The van der Waals surface area contributed by atoms with Crippen molar-refractivity contribution in [1.29, 1.82) is 0 Å². The second-order valence-corrected chi connectivity index (χ2v) is 10.6. The van der Waals surface area contributed by atoms with Gasteiger partial charge in [-0.15, -0.1) is 11.3 Å². The number of benzene rings is 2. The monoisotopic (exact) mass is 543 g/mol. The van der Waals surface area contributed by atoms with Gasteiger partial charge >= 0.3 is 6.03 Å². The maximum Gasteiger partial charge on any atom is 0.322 e. The van der Waals surface area contributed by atoms with Gasteiger partial charge in [0.15, 0.2) is 11.5 Å². The first-order valence-corrected chi connectivity index (χ1v) is 13.2. The van der Waals surface area contributed by atoms with Crippen molar-refractivity contribution in [3.05, 3.63) is 75.5 Å². The number of hydrogen-bond acceptors (Lipinski definition) is 5. The number of methoxy groups -OCH3 is 2. The molecule has 2 aromatic carbocycles.